The molecular weight excluding hydrogens is 1290 g/mol. The van der Waals surface area contributed by atoms with Gasteiger partial charge < -0.3 is 41.4 Å². The molecule has 0 saturated carbocycles. The SMILES string of the molecule is CC(C)(C)OC(=O)N1CCC[C@@H](C(=O)c2ccccc2-c2ccccc2Cl)C1.COCCCCC(O)(c1ccccc1-c1ccccc1Cl)[C@@H]1CCCNC1.CON(C)C(=O)[C@@H]1CCCN(C(=O)OC(C)(C)C)C1.Clc1ccccc1-c1ccccc1Br.[CH2-]CCC.[Li+]. The van der Waals surface area contributed by atoms with Crippen molar-refractivity contribution in [2.75, 3.05) is 67.1 Å². The van der Waals surface area contributed by atoms with E-state index in [0.29, 0.717) is 41.8 Å². The molecule has 9 rings (SSSR count). The first kappa shape index (κ1) is 80.2. The number of halogens is 4. The van der Waals surface area contributed by atoms with Gasteiger partial charge in [0.05, 0.1) is 18.6 Å². The molecule has 0 aromatic heterocycles. The maximum absolute atomic E-state index is 13.3. The summed E-state index contributed by atoms with van der Waals surface area (Å²) in [5.41, 5.74) is 5.55. The van der Waals surface area contributed by atoms with E-state index in [0.717, 1.165) is 132 Å². The molecule has 0 spiro atoms. The van der Waals surface area contributed by atoms with E-state index in [-0.39, 0.29) is 60.5 Å². The average Bonchev–Trinajstić information content (AvgIpc) is 1.02. The number of methoxy groups -OCH3 is 1. The van der Waals surface area contributed by atoms with Crippen molar-refractivity contribution in [1.29, 1.82) is 0 Å². The fourth-order valence-corrected chi connectivity index (χ4v) is 12.3. The van der Waals surface area contributed by atoms with Crippen LogP contribution in [0.5, 0.6) is 0 Å². The Morgan fingerprint density at radius 2 is 1.06 bits per heavy atom. The third kappa shape index (κ3) is 25.4. The molecule has 2 N–H and O–H groups in total. The third-order valence-corrected chi connectivity index (χ3v) is 17.6. The van der Waals surface area contributed by atoms with E-state index in [1.165, 1.54) is 18.6 Å². The number of aliphatic hydroxyl groups is 1. The summed E-state index contributed by atoms with van der Waals surface area (Å²) in [5.74, 6) is -0.326. The first-order valence-corrected chi connectivity index (χ1v) is 34.0. The Hall–Kier alpha value is -5.21. The monoisotopic (exact) mass is 1390 g/mol. The standard InChI is InChI=1S/C23H26ClNO3.C23H30ClNO2.C13H24N2O4.C12H8BrCl.C4H9.Li/c1-23(2,3)28-22(27)25-14-8-9-16(15-25)21(26)19-12-5-4-10-17(19)18-11-6-7-13-20(18)24;1-27-16-7-6-14-23(26,18-9-8-15-25-17-18)21-12-4-2-10-19(21)20-11-3-5-13-22(20)24;1-13(2,3)19-12(17)15-8-6-7-10(9-15)11(16)14(4)18-5;13-11-7-3-1-5-9(11)10-6-2-4-8-12(10)14;1-3-4-2;/h4-7,10-13,16H,8-9,14-15H2,1-3H3;2-5,10-13,18,25-26H,6-9,14-17H2,1H3;10H,6-9H2,1-5H3;1-8H;1,3-4H2,2H3;/q;;;;-1;+1/t16-;18-,23?;10-;;;/m111.../s1. The predicted octanol–water partition coefficient (Wildman–Crippen LogP) is 15.9. The topological polar surface area (TPSA) is 147 Å². The summed E-state index contributed by atoms with van der Waals surface area (Å²) in [4.78, 5) is 57.9. The smallest absolute Gasteiger partial charge is 0.444 e. The fraction of sp³-hybridized carbons (Fsp3) is 0.453. The number of carbonyl (C=O) groups is 4. The Labute approximate surface area is 590 Å². The zero-order valence-electron chi connectivity index (χ0n) is 56.6. The van der Waals surface area contributed by atoms with Gasteiger partial charge in [-0.2, -0.15) is 6.42 Å². The molecule has 3 aliphatic heterocycles. The molecule has 1 unspecified atom stereocenters. The number of nitrogens with zero attached hydrogens (tertiary/aromatic N) is 3. The number of benzene rings is 6. The number of piperidine rings is 3. The number of hydrogen-bond acceptors (Lipinski definition) is 10. The van der Waals surface area contributed by atoms with Crippen LogP contribution in [-0.4, -0.2) is 122 Å². The van der Waals surface area contributed by atoms with E-state index < -0.39 is 16.8 Å². The van der Waals surface area contributed by atoms with Crippen LogP contribution >= 0.6 is 50.7 Å². The Morgan fingerprint density at radius 1 is 0.624 bits per heavy atom. The predicted molar refractivity (Wildman–Crippen MR) is 379 cm³/mol. The van der Waals surface area contributed by atoms with Gasteiger partial charge >= 0.3 is 31.0 Å². The van der Waals surface area contributed by atoms with Crippen LogP contribution in [0.3, 0.4) is 0 Å². The molecule has 500 valence electrons. The fourth-order valence-electron chi connectivity index (χ4n) is 11.1. The number of ether oxygens (including phenoxy) is 3. The molecule has 93 heavy (non-hydrogen) atoms. The van der Waals surface area contributed by atoms with Crippen LogP contribution in [0.25, 0.3) is 33.4 Å². The van der Waals surface area contributed by atoms with Crippen LogP contribution in [0.4, 0.5) is 9.59 Å². The molecule has 3 saturated heterocycles. The second kappa shape index (κ2) is 40.4. The van der Waals surface area contributed by atoms with E-state index >= 15 is 0 Å². The summed E-state index contributed by atoms with van der Waals surface area (Å²) < 4.78 is 17.1. The van der Waals surface area contributed by atoms with Gasteiger partial charge in [0.15, 0.2) is 5.78 Å². The van der Waals surface area contributed by atoms with E-state index in [9.17, 15) is 24.3 Å². The van der Waals surface area contributed by atoms with Crippen molar-refractivity contribution in [3.8, 4) is 33.4 Å². The number of amides is 3. The van der Waals surface area contributed by atoms with E-state index in [4.69, 9.17) is 53.9 Å². The van der Waals surface area contributed by atoms with Gasteiger partial charge in [-0.05, 0) is 152 Å². The van der Waals surface area contributed by atoms with Crippen LogP contribution < -0.4 is 24.2 Å². The van der Waals surface area contributed by atoms with Crippen LogP contribution in [0.15, 0.2) is 150 Å². The van der Waals surface area contributed by atoms with Gasteiger partial charge in [-0.15, -0.1) is 0 Å². The second-order valence-corrected chi connectivity index (χ2v) is 27.3. The largest absolute Gasteiger partial charge is 1.00 e. The zero-order chi connectivity index (χ0) is 67.4. The Bertz CT molecular complexity index is 3220. The average molecular weight is 1390 g/mol. The maximum Gasteiger partial charge on any atom is 1.00 e. The first-order valence-electron chi connectivity index (χ1n) is 32.1. The van der Waals surface area contributed by atoms with Gasteiger partial charge in [0.2, 0.25) is 0 Å². The van der Waals surface area contributed by atoms with Crippen LogP contribution in [0.1, 0.15) is 135 Å². The Balaban J connectivity index is 0.000000265. The quantitative estimate of drug-likeness (QED) is 0.0335. The van der Waals surface area contributed by atoms with Gasteiger partial charge in [-0.25, -0.2) is 14.7 Å². The molecule has 4 atom stereocenters. The van der Waals surface area contributed by atoms with Gasteiger partial charge in [-0.3, -0.25) is 14.4 Å². The van der Waals surface area contributed by atoms with Crippen LogP contribution in [0.2, 0.25) is 15.1 Å². The molecule has 6 aromatic carbocycles. The van der Waals surface area contributed by atoms with Crippen molar-refractivity contribution in [2.45, 2.75) is 136 Å². The van der Waals surface area contributed by atoms with Crippen molar-refractivity contribution in [2.24, 2.45) is 17.8 Å². The van der Waals surface area contributed by atoms with E-state index in [2.05, 4.69) is 47.2 Å². The number of rotatable bonds is 15. The summed E-state index contributed by atoms with van der Waals surface area (Å²) >= 11 is 22.5. The molecule has 3 aliphatic rings. The normalized spacial score (nSPS) is 16.8. The zero-order valence-corrected chi connectivity index (χ0v) is 60.4. The number of Topliss-reactive ketones (excluding diaryl/α,β-unsaturated/α-hetero) is 1. The molecular formula is C75H97BrCl3LiN4O9. The number of carbonyl (C=O) groups excluding carboxylic acids is 4. The van der Waals surface area contributed by atoms with Crippen molar-refractivity contribution >= 4 is 74.6 Å². The minimum absolute atomic E-state index is 0. The van der Waals surface area contributed by atoms with Crippen molar-refractivity contribution in [3.05, 3.63) is 183 Å². The second-order valence-electron chi connectivity index (χ2n) is 25.2. The van der Waals surface area contributed by atoms with E-state index in [1.807, 2.05) is 175 Å². The Kier molecular flexibility index (Phi) is 34.8. The molecule has 0 aliphatic carbocycles. The van der Waals surface area contributed by atoms with Gasteiger partial charge in [0.25, 0.3) is 5.91 Å². The van der Waals surface area contributed by atoms with Gasteiger partial charge in [0, 0.05) is 107 Å². The van der Waals surface area contributed by atoms with Crippen LogP contribution in [0, 0.1) is 24.7 Å². The van der Waals surface area contributed by atoms with Crippen molar-refractivity contribution < 1.29 is 62.2 Å². The molecule has 3 fully saturated rings. The Morgan fingerprint density at radius 3 is 1.54 bits per heavy atom. The minimum Gasteiger partial charge on any atom is -0.444 e. The van der Waals surface area contributed by atoms with Gasteiger partial charge in [0.1, 0.15) is 11.2 Å². The summed E-state index contributed by atoms with van der Waals surface area (Å²) in [7, 11) is 4.76. The summed E-state index contributed by atoms with van der Waals surface area (Å²) in [6.45, 7) is 21.4. The molecule has 0 bridgehead atoms. The molecule has 6 aromatic rings. The summed E-state index contributed by atoms with van der Waals surface area (Å²) in [6.07, 6.45) is 9.41. The summed E-state index contributed by atoms with van der Waals surface area (Å²) in [6, 6.07) is 47.0. The third-order valence-electron chi connectivity index (χ3n) is 15.9. The molecule has 0 radical (unpaired) electrons. The van der Waals surface area contributed by atoms with Gasteiger partial charge in [-0.1, -0.05) is 185 Å². The van der Waals surface area contributed by atoms with Crippen molar-refractivity contribution in [1.82, 2.24) is 20.2 Å². The number of ketones is 1. The molecule has 18 heteroatoms. The molecule has 13 nitrogen and oxygen atoms in total. The number of hydroxylamine groups is 2. The van der Waals surface area contributed by atoms with Crippen molar-refractivity contribution in [3.63, 3.8) is 0 Å². The first-order chi connectivity index (χ1) is 43.9. The number of hydrogen-bond donors (Lipinski definition) is 2. The summed E-state index contributed by atoms with van der Waals surface area (Å²) in [5, 5.41) is 18.8. The van der Waals surface area contributed by atoms with Crippen LogP contribution in [-0.2, 0) is 29.4 Å². The minimum atomic E-state index is -0.878. The number of likely N-dealkylation sites (tertiary alicyclic amines) is 2. The van der Waals surface area contributed by atoms with E-state index in [1.54, 1.807) is 24.0 Å². The number of unbranched alkanes of at least 4 members (excludes halogenated alkanes) is 2. The maximum atomic E-state index is 13.3. The molecule has 3 amide bonds. The number of nitrogens with one attached hydrogen (secondary N) is 1. The molecule has 3 heterocycles.